The molecule has 1 atom stereocenters. The molecule has 0 saturated carbocycles. The molecule has 0 amide bonds. The van der Waals surface area contributed by atoms with Crippen molar-refractivity contribution in [2.24, 2.45) is 0 Å². The van der Waals surface area contributed by atoms with Crippen LogP contribution >= 0.6 is 0 Å². The van der Waals surface area contributed by atoms with Crippen molar-refractivity contribution < 1.29 is 0 Å². The number of nitrogens with zero attached hydrogens (tertiary/aromatic N) is 6. The number of allylic oxidation sites excluding steroid dienone is 3. The van der Waals surface area contributed by atoms with Crippen molar-refractivity contribution in [3.05, 3.63) is 72.2 Å². The molecule has 40 heavy (non-hydrogen) atoms. The predicted molar refractivity (Wildman–Crippen MR) is 168 cm³/mol. The van der Waals surface area contributed by atoms with Crippen LogP contribution in [0.3, 0.4) is 0 Å². The van der Waals surface area contributed by atoms with Gasteiger partial charge in [0.1, 0.15) is 11.6 Å². The van der Waals surface area contributed by atoms with E-state index in [9.17, 15) is 0 Å². The number of pyridine rings is 1. The number of fused-ring (bicyclic) bond motifs is 1. The van der Waals surface area contributed by atoms with Crippen LogP contribution in [-0.2, 0) is 6.54 Å². The Morgan fingerprint density at radius 2 is 1.93 bits per heavy atom. The number of benzene rings is 1. The van der Waals surface area contributed by atoms with Crippen molar-refractivity contribution in [1.29, 1.82) is 0 Å². The molecule has 212 valence electrons. The van der Waals surface area contributed by atoms with Gasteiger partial charge in [-0.15, -0.1) is 0 Å². The molecule has 7 nitrogen and oxygen atoms in total. The van der Waals surface area contributed by atoms with Crippen molar-refractivity contribution in [3.8, 4) is 22.6 Å². The van der Waals surface area contributed by atoms with Gasteiger partial charge in [0.15, 0.2) is 0 Å². The second-order valence-corrected chi connectivity index (χ2v) is 10.3. The van der Waals surface area contributed by atoms with Crippen LogP contribution in [0.1, 0.15) is 60.8 Å². The van der Waals surface area contributed by atoms with Gasteiger partial charge in [0, 0.05) is 56.2 Å². The van der Waals surface area contributed by atoms with Crippen LogP contribution in [0.25, 0.3) is 33.7 Å². The molecule has 7 heteroatoms. The predicted octanol–water partition coefficient (Wildman–Crippen LogP) is 7.70. The molecule has 1 N–H and O–H groups in total. The topological polar surface area (TPSA) is 65.9 Å². The van der Waals surface area contributed by atoms with E-state index in [-0.39, 0.29) is 0 Å². The van der Waals surface area contributed by atoms with E-state index in [1.807, 2.05) is 26.1 Å². The number of aromatic nitrogens is 5. The van der Waals surface area contributed by atoms with E-state index in [1.54, 1.807) is 6.20 Å². The third kappa shape index (κ3) is 6.30. The fourth-order valence-corrected chi connectivity index (χ4v) is 5.11. The molecule has 1 aromatic carbocycles. The average molecular weight is 540 g/mol. The van der Waals surface area contributed by atoms with Gasteiger partial charge in [0.25, 0.3) is 0 Å². The van der Waals surface area contributed by atoms with Gasteiger partial charge in [-0.1, -0.05) is 32.4 Å². The van der Waals surface area contributed by atoms with E-state index >= 15 is 0 Å². The van der Waals surface area contributed by atoms with Gasteiger partial charge in [-0.3, -0.25) is 5.10 Å². The summed E-state index contributed by atoms with van der Waals surface area (Å²) in [7, 11) is 2.11. The number of aromatic amines is 1. The second-order valence-electron chi connectivity index (χ2n) is 10.3. The zero-order valence-electron chi connectivity index (χ0n) is 25.3. The van der Waals surface area contributed by atoms with Crippen molar-refractivity contribution in [2.75, 3.05) is 25.0 Å². The standard InChI is InChI=1S/C31H39N7.C2H6/c1-6-22(3)26(15-18-36(5)7-2)21-38-29-12-10-24(27-14-16-33-35-27)19-28(29)34-31(38)25-11-13-30(32-20-25)37-17-8-9-23(37)4;1-2/h10-16,18-20,23H,6-9,17,21H2,1-5H3,(H,33,35);1-2H3/b18-15-,26-22?;. The molecule has 4 aromatic rings. The SMILES string of the molecule is CC.CCC(C)=C(/C=C\N(C)CC)Cn1c(-c2ccc(N3CCCC3C)nc2)nc2cc(-c3ccn[nH]3)ccc21. The first-order valence-corrected chi connectivity index (χ1v) is 14.8. The number of rotatable bonds is 9. The number of H-pyrrole nitrogens is 1. The van der Waals surface area contributed by atoms with Gasteiger partial charge in [-0.05, 0) is 88.2 Å². The maximum atomic E-state index is 5.16. The summed E-state index contributed by atoms with van der Waals surface area (Å²) >= 11 is 0. The summed E-state index contributed by atoms with van der Waals surface area (Å²) in [5.41, 5.74) is 7.86. The smallest absolute Gasteiger partial charge is 0.143 e. The van der Waals surface area contributed by atoms with Crippen LogP contribution in [0.4, 0.5) is 5.82 Å². The monoisotopic (exact) mass is 539 g/mol. The first kappa shape index (κ1) is 29.1. The number of hydrogen-bond donors (Lipinski definition) is 1. The summed E-state index contributed by atoms with van der Waals surface area (Å²) in [6, 6.07) is 13.3. The Morgan fingerprint density at radius 1 is 1.12 bits per heavy atom. The van der Waals surface area contributed by atoms with Gasteiger partial charge < -0.3 is 14.4 Å². The second kappa shape index (κ2) is 13.5. The third-order valence-electron chi connectivity index (χ3n) is 7.85. The molecule has 1 aliphatic rings. The number of hydrogen-bond acceptors (Lipinski definition) is 5. The lowest BCUT2D eigenvalue weighted by Crippen LogP contribution is -2.26. The van der Waals surface area contributed by atoms with Crippen LogP contribution in [0.2, 0.25) is 0 Å². The Bertz CT molecular complexity index is 1430. The molecule has 5 rings (SSSR count). The Kier molecular flexibility index (Phi) is 9.80. The minimum absolute atomic E-state index is 0.539. The summed E-state index contributed by atoms with van der Waals surface area (Å²) in [6.45, 7) is 15.7. The molecule has 1 aliphatic heterocycles. The Labute approximate surface area is 239 Å². The summed E-state index contributed by atoms with van der Waals surface area (Å²) in [5.74, 6) is 1.99. The first-order chi connectivity index (χ1) is 19.5. The van der Waals surface area contributed by atoms with E-state index in [2.05, 4.69) is 102 Å². The molecule has 0 radical (unpaired) electrons. The number of imidazole rings is 1. The minimum atomic E-state index is 0.539. The third-order valence-corrected chi connectivity index (χ3v) is 7.85. The maximum absolute atomic E-state index is 5.16. The lowest BCUT2D eigenvalue weighted by molar-refractivity contribution is 0.483. The summed E-state index contributed by atoms with van der Waals surface area (Å²) in [5, 5.41) is 7.20. The summed E-state index contributed by atoms with van der Waals surface area (Å²) in [6.07, 6.45) is 11.7. The van der Waals surface area contributed by atoms with Gasteiger partial charge in [-0.25, -0.2) is 9.97 Å². The van der Waals surface area contributed by atoms with Gasteiger partial charge >= 0.3 is 0 Å². The average Bonchev–Trinajstić information content (AvgIpc) is 3.76. The largest absolute Gasteiger partial charge is 0.381 e. The fourth-order valence-electron chi connectivity index (χ4n) is 5.11. The minimum Gasteiger partial charge on any atom is -0.381 e. The molecule has 1 saturated heterocycles. The van der Waals surface area contributed by atoms with Crippen LogP contribution in [0.15, 0.2) is 72.2 Å². The highest BCUT2D eigenvalue weighted by atomic mass is 15.2. The van der Waals surface area contributed by atoms with E-state index in [0.29, 0.717) is 6.04 Å². The zero-order valence-corrected chi connectivity index (χ0v) is 25.3. The maximum Gasteiger partial charge on any atom is 0.143 e. The van der Waals surface area contributed by atoms with E-state index in [0.717, 1.165) is 65.6 Å². The van der Waals surface area contributed by atoms with Gasteiger partial charge in [-0.2, -0.15) is 5.10 Å². The lowest BCUT2D eigenvalue weighted by Gasteiger charge is -2.22. The van der Waals surface area contributed by atoms with Crippen LogP contribution in [-0.4, -0.2) is 55.8 Å². The van der Waals surface area contributed by atoms with Crippen LogP contribution in [0, 0.1) is 0 Å². The van der Waals surface area contributed by atoms with Gasteiger partial charge in [0.05, 0.1) is 16.7 Å². The first-order valence-electron chi connectivity index (χ1n) is 14.8. The molecular formula is C33H45N7. The normalized spacial score (nSPS) is 15.9. The highest BCUT2D eigenvalue weighted by Crippen LogP contribution is 2.31. The van der Waals surface area contributed by atoms with Crippen LogP contribution < -0.4 is 4.90 Å². The lowest BCUT2D eigenvalue weighted by atomic mass is 10.1. The highest BCUT2D eigenvalue weighted by molar-refractivity contribution is 5.85. The Morgan fingerprint density at radius 3 is 2.55 bits per heavy atom. The van der Waals surface area contributed by atoms with Crippen LogP contribution in [0.5, 0.6) is 0 Å². The number of nitrogens with one attached hydrogen (secondary N) is 1. The highest BCUT2D eigenvalue weighted by Gasteiger charge is 2.22. The van der Waals surface area contributed by atoms with E-state index in [1.165, 1.54) is 24.0 Å². The van der Waals surface area contributed by atoms with Crippen molar-refractivity contribution in [3.63, 3.8) is 0 Å². The molecule has 1 fully saturated rings. The molecule has 0 bridgehead atoms. The van der Waals surface area contributed by atoms with Crippen molar-refractivity contribution in [1.82, 2.24) is 29.6 Å². The van der Waals surface area contributed by atoms with Crippen molar-refractivity contribution in [2.45, 2.75) is 73.4 Å². The zero-order chi connectivity index (χ0) is 28.6. The molecule has 0 aliphatic carbocycles. The molecule has 0 spiro atoms. The molecule has 4 heterocycles. The quantitative estimate of drug-likeness (QED) is 0.221. The van der Waals surface area contributed by atoms with Crippen molar-refractivity contribution >= 4 is 16.9 Å². The molecular weight excluding hydrogens is 494 g/mol. The molecule has 1 unspecified atom stereocenters. The van der Waals surface area contributed by atoms with E-state index in [4.69, 9.17) is 9.97 Å². The summed E-state index contributed by atoms with van der Waals surface area (Å²) < 4.78 is 2.34. The Balaban J connectivity index is 0.00000181. The van der Waals surface area contributed by atoms with E-state index < -0.39 is 0 Å². The fraction of sp³-hybridized carbons (Fsp3) is 0.424. The molecule has 3 aromatic heterocycles. The Hall–Kier alpha value is -3.87. The number of anilines is 1. The summed E-state index contributed by atoms with van der Waals surface area (Å²) in [4.78, 5) is 14.7. The van der Waals surface area contributed by atoms with Gasteiger partial charge in [0.2, 0.25) is 0 Å².